The average molecular weight is 235 g/mol. The van der Waals surface area contributed by atoms with Crippen molar-refractivity contribution in [3.63, 3.8) is 0 Å². The third-order valence-electron chi connectivity index (χ3n) is 2.96. The van der Waals surface area contributed by atoms with E-state index in [1.807, 2.05) is 39.0 Å². The monoisotopic (exact) mass is 235 g/mol. The summed E-state index contributed by atoms with van der Waals surface area (Å²) < 4.78 is 5.58. The number of anilines is 1. The zero-order valence-corrected chi connectivity index (χ0v) is 10.2. The van der Waals surface area contributed by atoms with Crippen LogP contribution in [-0.2, 0) is 4.79 Å². The quantitative estimate of drug-likeness (QED) is 0.845. The number of benzene rings is 1. The van der Waals surface area contributed by atoms with Gasteiger partial charge in [0.25, 0.3) is 0 Å². The van der Waals surface area contributed by atoms with Crippen molar-refractivity contribution in [1.82, 2.24) is 0 Å². The second kappa shape index (κ2) is 4.28. The number of ether oxygens (including phenoxy) is 1. The van der Waals surface area contributed by atoms with E-state index in [1.54, 1.807) is 0 Å². The highest BCUT2D eigenvalue weighted by Crippen LogP contribution is 2.38. The first-order chi connectivity index (χ1) is 7.99. The minimum Gasteiger partial charge on any atom is -0.491 e. The van der Waals surface area contributed by atoms with E-state index in [4.69, 9.17) is 9.84 Å². The van der Waals surface area contributed by atoms with Crippen molar-refractivity contribution >= 4 is 11.7 Å². The van der Waals surface area contributed by atoms with E-state index in [2.05, 4.69) is 5.32 Å². The summed E-state index contributed by atoms with van der Waals surface area (Å²) in [6.45, 7) is 5.84. The summed E-state index contributed by atoms with van der Waals surface area (Å²) >= 11 is 0. The number of carboxylic acid groups (broad SMARTS) is 1. The molecule has 0 fully saturated rings. The van der Waals surface area contributed by atoms with Gasteiger partial charge in [0.1, 0.15) is 11.8 Å². The summed E-state index contributed by atoms with van der Waals surface area (Å²) in [5, 5.41) is 12.1. The lowest BCUT2D eigenvalue weighted by molar-refractivity contribution is -0.138. The first-order valence-corrected chi connectivity index (χ1v) is 5.79. The molecular formula is C13H17NO3. The highest BCUT2D eigenvalue weighted by molar-refractivity contribution is 5.83. The lowest BCUT2D eigenvalue weighted by Crippen LogP contribution is -2.28. The number of carbonyl (C=O) groups is 1. The number of nitrogens with one attached hydrogen (secondary N) is 1. The number of hydrogen-bond acceptors (Lipinski definition) is 3. The van der Waals surface area contributed by atoms with Gasteiger partial charge in [-0.2, -0.15) is 0 Å². The van der Waals surface area contributed by atoms with Crippen molar-refractivity contribution in [2.24, 2.45) is 0 Å². The Bertz CT molecular complexity index is 442. The Morgan fingerprint density at radius 2 is 2.18 bits per heavy atom. The highest BCUT2D eigenvalue weighted by Gasteiger charge is 2.33. The van der Waals surface area contributed by atoms with E-state index >= 15 is 0 Å². The third kappa shape index (κ3) is 2.20. The molecule has 0 spiro atoms. The van der Waals surface area contributed by atoms with Crippen molar-refractivity contribution in [2.45, 2.75) is 38.8 Å². The van der Waals surface area contributed by atoms with Crippen LogP contribution < -0.4 is 10.1 Å². The van der Waals surface area contributed by atoms with E-state index < -0.39 is 12.0 Å². The fraction of sp³-hybridized carbons (Fsp3) is 0.462. The summed E-state index contributed by atoms with van der Waals surface area (Å²) in [5.41, 5.74) is 1.90. The Morgan fingerprint density at radius 3 is 2.76 bits per heavy atom. The van der Waals surface area contributed by atoms with Crippen LogP contribution >= 0.6 is 0 Å². The largest absolute Gasteiger partial charge is 0.491 e. The predicted molar refractivity (Wildman–Crippen MR) is 65.7 cm³/mol. The van der Waals surface area contributed by atoms with Crippen molar-refractivity contribution in [3.05, 3.63) is 23.8 Å². The lowest BCUT2D eigenvalue weighted by Gasteiger charge is -2.11. The Hall–Kier alpha value is -1.71. The maximum atomic E-state index is 11.0. The summed E-state index contributed by atoms with van der Waals surface area (Å²) in [5.74, 6) is -0.0693. The van der Waals surface area contributed by atoms with Crippen LogP contribution in [0.4, 0.5) is 5.69 Å². The van der Waals surface area contributed by atoms with Crippen molar-refractivity contribution < 1.29 is 14.6 Å². The summed E-state index contributed by atoms with van der Waals surface area (Å²) in [6, 6.07) is 5.16. The first-order valence-electron chi connectivity index (χ1n) is 5.79. The van der Waals surface area contributed by atoms with Gasteiger partial charge in [0.15, 0.2) is 0 Å². The lowest BCUT2D eigenvalue weighted by atomic mass is 9.97. The van der Waals surface area contributed by atoms with E-state index in [0.29, 0.717) is 0 Å². The summed E-state index contributed by atoms with van der Waals surface area (Å²) in [4.78, 5) is 11.0. The Morgan fingerprint density at radius 1 is 1.47 bits per heavy atom. The van der Waals surface area contributed by atoms with Gasteiger partial charge in [0, 0.05) is 17.7 Å². The van der Waals surface area contributed by atoms with Crippen LogP contribution in [0.5, 0.6) is 5.75 Å². The highest BCUT2D eigenvalue weighted by atomic mass is 16.5. The maximum Gasteiger partial charge on any atom is 0.326 e. The zero-order valence-electron chi connectivity index (χ0n) is 10.2. The standard InChI is InChI=1S/C13H17NO3/c1-7(2)17-9-4-5-10-8(3)12(13(15)16)14-11(10)6-9/h4-8,12,14H,1-3H3,(H,15,16). The van der Waals surface area contributed by atoms with Gasteiger partial charge in [-0.3, -0.25) is 0 Å². The molecule has 92 valence electrons. The second-order valence-corrected chi connectivity index (χ2v) is 4.66. The van der Waals surface area contributed by atoms with E-state index in [-0.39, 0.29) is 12.0 Å². The van der Waals surface area contributed by atoms with Crippen LogP contribution in [-0.4, -0.2) is 23.2 Å². The van der Waals surface area contributed by atoms with Crippen molar-refractivity contribution in [3.8, 4) is 5.75 Å². The summed E-state index contributed by atoms with van der Waals surface area (Å²) in [6.07, 6.45) is 0.113. The topological polar surface area (TPSA) is 58.6 Å². The number of aliphatic carboxylic acids is 1. The fourth-order valence-electron chi connectivity index (χ4n) is 2.15. The van der Waals surface area contributed by atoms with Crippen LogP contribution in [0.3, 0.4) is 0 Å². The normalized spacial score (nSPS) is 22.1. The molecule has 0 saturated heterocycles. The van der Waals surface area contributed by atoms with Gasteiger partial charge < -0.3 is 15.2 Å². The predicted octanol–water partition coefficient (Wildman–Crippen LogP) is 2.46. The molecule has 4 nitrogen and oxygen atoms in total. The van der Waals surface area contributed by atoms with E-state index in [0.717, 1.165) is 17.0 Å². The second-order valence-electron chi connectivity index (χ2n) is 4.66. The molecule has 1 heterocycles. The van der Waals surface area contributed by atoms with Gasteiger partial charge in [-0.1, -0.05) is 13.0 Å². The number of carboxylic acids is 1. The number of hydrogen-bond donors (Lipinski definition) is 2. The maximum absolute atomic E-state index is 11.0. The van der Waals surface area contributed by atoms with Gasteiger partial charge in [-0.15, -0.1) is 0 Å². The van der Waals surface area contributed by atoms with Gasteiger partial charge in [0.2, 0.25) is 0 Å². The Labute approximate surface area is 101 Å². The minimum atomic E-state index is -0.819. The molecule has 0 saturated carbocycles. The van der Waals surface area contributed by atoms with Gasteiger partial charge in [0.05, 0.1) is 6.10 Å². The van der Waals surface area contributed by atoms with Crippen LogP contribution in [0.1, 0.15) is 32.3 Å². The Kier molecular flexibility index (Phi) is 2.96. The van der Waals surface area contributed by atoms with Gasteiger partial charge in [-0.05, 0) is 25.5 Å². The van der Waals surface area contributed by atoms with Gasteiger partial charge >= 0.3 is 5.97 Å². The van der Waals surface area contributed by atoms with Crippen LogP contribution in [0, 0.1) is 0 Å². The molecule has 0 radical (unpaired) electrons. The molecule has 0 aliphatic carbocycles. The third-order valence-corrected chi connectivity index (χ3v) is 2.96. The van der Waals surface area contributed by atoms with Gasteiger partial charge in [-0.25, -0.2) is 4.79 Å². The SMILES string of the molecule is CC(C)Oc1ccc2c(c1)NC(C(=O)O)C2C. The average Bonchev–Trinajstić information content (AvgIpc) is 2.55. The van der Waals surface area contributed by atoms with Crippen LogP contribution in [0.25, 0.3) is 0 Å². The van der Waals surface area contributed by atoms with Crippen molar-refractivity contribution in [1.29, 1.82) is 0 Å². The molecule has 2 unspecified atom stereocenters. The molecular weight excluding hydrogens is 218 g/mol. The first kappa shape index (κ1) is 11.8. The molecule has 1 aliphatic heterocycles. The molecule has 4 heteroatoms. The Balaban J connectivity index is 2.26. The summed E-state index contributed by atoms with van der Waals surface area (Å²) in [7, 11) is 0. The molecule has 0 bridgehead atoms. The van der Waals surface area contributed by atoms with Crippen molar-refractivity contribution in [2.75, 3.05) is 5.32 Å². The van der Waals surface area contributed by atoms with E-state index in [1.165, 1.54) is 0 Å². The molecule has 1 aliphatic rings. The molecule has 2 atom stereocenters. The molecule has 2 N–H and O–H groups in total. The molecule has 0 aromatic heterocycles. The molecule has 1 aromatic carbocycles. The van der Waals surface area contributed by atoms with Crippen LogP contribution in [0.15, 0.2) is 18.2 Å². The minimum absolute atomic E-state index is 0.0180. The molecule has 17 heavy (non-hydrogen) atoms. The fourth-order valence-corrected chi connectivity index (χ4v) is 2.15. The molecule has 0 amide bonds. The van der Waals surface area contributed by atoms with E-state index in [9.17, 15) is 4.79 Å². The molecule has 1 aromatic rings. The molecule has 2 rings (SSSR count). The zero-order chi connectivity index (χ0) is 12.6. The number of fused-ring (bicyclic) bond motifs is 1. The smallest absolute Gasteiger partial charge is 0.326 e. The number of rotatable bonds is 3. The van der Waals surface area contributed by atoms with Crippen LogP contribution in [0.2, 0.25) is 0 Å².